The second kappa shape index (κ2) is 11.1. The zero-order valence-corrected chi connectivity index (χ0v) is 20.6. The molecule has 0 aliphatic carbocycles. The summed E-state index contributed by atoms with van der Waals surface area (Å²) >= 11 is 0. The van der Waals surface area contributed by atoms with Crippen LogP contribution in [0.1, 0.15) is 74.7 Å². The molecule has 0 spiro atoms. The van der Waals surface area contributed by atoms with Crippen molar-refractivity contribution in [3.05, 3.63) is 12.2 Å². The van der Waals surface area contributed by atoms with Crippen LogP contribution in [-0.4, -0.2) is 70.3 Å². The van der Waals surface area contributed by atoms with Gasteiger partial charge in [-0.3, -0.25) is 0 Å². The molecule has 0 radical (unpaired) electrons. The van der Waals surface area contributed by atoms with Crippen LogP contribution < -0.4 is 0 Å². The summed E-state index contributed by atoms with van der Waals surface area (Å²) in [4.78, 5) is 39.5. The third-order valence-corrected chi connectivity index (χ3v) is 4.44. The molecule has 4 atom stereocenters. The maximum absolute atomic E-state index is 13.0. The van der Waals surface area contributed by atoms with E-state index in [2.05, 4.69) is 6.58 Å². The van der Waals surface area contributed by atoms with E-state index in [0.717, 1.165) is 5.57 Å². The summed E-state index contributed by atoms with van der Waals surface area (Å²) in [5.74, 6) is -0.825. The molecule has 1 saturated heterocycles. The van der Waals surface area contributed by atoms with Gasteiger partial charge in [0, 0.05) is 0 Å². The number of aliphatic hydroxyl groups is 1. The quantitative estimate of drug-likeness (QED) is 0.383. The molecule has 1 aliphatic heterocycles. The van der Waals surface area contributed by atoms with Gasteiger partial charge >= 0.3 is 18.2 Å². The summed E-state index contributed by atoms with van der Waals surface area (Å²) in [6.07, 6.45) is -3.72. The highest BCUT2D eigenvalue weighted by molar-refractivity contribution is 5.94. The van der Waals surface area contributed by atoms with E-state index in [-0.39, 0.29) is 13.0 Å². The van der Waals surface area contributed by atoms with Crippen LogP contribution in [0, 0.1) is 0 Å². The lowest BCUT2D eigenvalue weighted by molar-refractivity contribution is -0.164. The highest BCUT2D eigenvalue weighted by Gasteiger charge is 2.43. The predicted octanol–water partition coefficient (Wildman–Crippen LogP) is 3.97. The number of carbonyl (C=O) groups excluding carboxylic acids is 3. The maximum Gasteiger partial charge on any atom is 0.420 e. The second-order valence-electron chi connectivity index (χ2n) is 10.2. The summed E-state index contributed by atoms with van der Waals surface area (Å²) in [5.41, 5.74) is -1.00. The van der Waals surface area contributed by atoms with E-state index >= 15 is 0 Å². The Balaban J connectivity index is 3.21. The summed E-state index contributed by atoms with van der Waals surface area (Å²) in [7, 11) is 0. The van der Waals surface area contributed by atoms with Crippen molar-refractivity contribution < 1.29 is 38.4 Å². The van der Waals surface area contributed by atoms with Crippen LogP contribution in [-0.2, 0) is 23.7 Å². The fourth-order valence-electron chi connectivity index (χ4n) is 3.05. The zero-order chi connectivity index (χ0) is 24.9. The van der Waals surface area contributed by atoms with Crippen molar-refractivity contribution in [1.29, 1.82) is 0 Å². The monoisotopic (exact) mass is 457 g/mol. The maximum atomic E-state index is 13.0. The zero-order valence-electron chi connectivity index (χ0n) is 20.6. The van der Waals surface area contributed by atoms with Gasteiger partial charge in [-0.25, -0.2) is 14.4 Å². The van der Waals surface area contributed by atoms with Crippen LogP contribution in [0.5, 0.6) is 0 Å². The van der Waals surface area contributed by atoms with E-state index < -0.39 is 53.7 Å². The van der Waals surface area contributed by atoms with Gasteiger partial charge in [-0.15, -0.1) is 0 Å². The molecular weight excluding hydrogens is 418 g/mol. The van der Waals surface area contributed by atoms with Crippen molar-refractivity contribution in [2.45, 2.75) is 110 Å². The number of aliphatic hydroxyl groups excluding tert-OH is 1. The van der Waals surface area contributed by atoms with Crippen LogP contribution in [0.4, 0.5) is 9.59 Å². The van der Waals surface area contributed by atoms with Gasteiger partial charge in [0.15, 0.2) is 0 Å². The number of hydrogen-bond donors (Lipinski definition) is 1. The first-order valence-electron chi connectivity index (χ1n) is 10.9. The number of cyclic esters (lactones) is 1. The Labute approximate surface area is 191 Å². The summed E-state index contributed by atoms with van der Waals surface area (Å²) in [6.45, 7) is 17.3. The standard InChI is InChI=1S/C23H39NO8/c1-14(2)13-29-17-12-10-11-16(19(26)30-15(3)18(17)25)24(20(27)31-22(4,5)6)21(28)32-23(7,8)9/h15-18,25H,1,10-13H2,2-9H3/t15-,16-,17-,18-/m0/s1. The highest BCUT2D eigenvalue weighted by atomic mass is 16.6. The molecule has 32 heavy (non-hydrogen) atoms. The number of rotatable bonds is 4. The van der Waals surface area contributed by atoms with Crippen molar-refractivity contribution in [3.8, 4) is 0 Å². The average Bonchev–Trinajstić information content (AvgIpc) is 2.62. The van der Waals surface area contributed by atoms with Gasteiger partial charge < -0.3 is 24.1 Å². The van der Waals surface area contributed by atoms with E-state index in [1.807, 2.05) is 0 Å². The molecule has 0 saturated carbocycles. The molecule has 0 unspecified atom stereocenters. The molecule has 1 N–H and O–H groups in total. The van der Waals surface area contributed by atoms with Crippen molar-refractivity contribution in [3.63, 3.8) is 0 Å². The van der Waals surface area contributed by atoms with E-state index in [9.17, 15) is 19.5 Å². The highest BCUT2D eigenvalue weighted by Crippen LogP contribution is 2.25. The third-order valence-electron chi connectivity index (χ3n) is 4.44. The molecule has 184 valence electrons. The molecule has 0 aromatic rings. The predicted molar refractivity (Wildman–Crippen MR) is 118 cm³/mol. The molecule has 1 heterocycles. The third kappa shape index (κ3) is 9.16. The molecule has 9 heteroatoms. The van der Waals surface area contributed by atoms with Gasteiger partial charge in [-0.2, -0.15) is 4.90 Å². The topological polar surface area (TPSA) is 112 Å². The van der Waals surface area contributed by atoms with E-state index in [1.165, 1.54) is 6.92 Å². The minimum Gasteiger partial charge on any atom is -0.458 e. The average molecular weight is 458 g/mol. The Morgan fingerprint density at radius 1 is 1.09 bits per heavy atom. The number of amides is 2. The van der Waals surface area contributed by atoms with Crippen molar-refractivity contribution in [2.75, 3.05) is 6.61 Å². The molecule has 1 fully saturated rings. The van der Waals surface area contributed by atoms with Crippen LogP contribution in [0.15, 0.2) is 12.2 Å². The van der Waals surface area contributed by atoms with Gasteiger partial charge in [0.05, 0.1) is 12.7 Å². The molecular formula is C23H39NO8. The van der Waals surface area contributed by atoms with Crippen LogP contribution >= 0.6 is 0 Å². The number of carbonyl (C=O) groups is 3. The van der Waals surface area contributed by atoms with Gasteiger partial charge in [0.1, 0.15) is 29.5 Å². The Morgan fingerprint density at radius 2 is 1.59 bits per heavy atom. The smallest absolute Gasteiger partial charge is 0.420 e. The van der Waals surface area contributed by atoms with Gasteiger partial charge in [0.2, 0.25) is 0 Å². The molecule has 9 nitrogen and oxygen atoms in total. The molecule has 0 aromatic heterocycles. The van der Waals surface area contributed by atoms with Crippen molar-refractivity contribution in [1.82, 2.24) is 4.90 Å². The molecule has 1 rings (SSSR count). The molecule has 0 aromatic carbocycles. The molecule has 0 bridgehead atoms. The first-order valence-corrected chi connectivity index (χ1v) is 10.9. The Hall–Kier alpha value is -2.13. The van der Waals surface area contributed by atoms with Gasteiger partial charge in [-0.1, -0.05) is 12.2 Å². The minimum absolute atomic E-state index is 0.101. The summed E-state index contributed by atoms with van der Waals surface area (Å²) in [6, 6.07) is -1.27. The number of hydrogen-bond acceptors (Lipinski definition) is 8. The normalized spacial score (nSPS) is 25.0. The Morgan fingerprint density at radius 3 is 2.03 bits per heavy atom. The molecule has 2 amide bonds. The number of esters is 1. The number of ether oxygens (including phenoxy) is 4. The van der Waals surface area contributed by atoms with Crippen molar-refractivity contribution in [2.24, 2.45) is 0 Å². The fraction of sp³-hybridized carbons (Fsp3) is 0.783. The minimum atomic E-state index is -1.27. The second-order valence-corrected chi connectivity index (χ2v) is 10.2. The summed E-state index contributed by atoms with van der Waals surface area (Å²) in [5, 5.41) is 10.6. The summed E-state index contributed by atoms with van der Waals surface area (Å²) < 4.78 is 21.9. The van der Waals surface area contributed by atoms with Crippen LogP contribution in [0.25, 0.3) is 0 Å². The van der Waals surface area contributed by atoms with Crippen LogP contribution in [0.3, 0.4) is 0 Å². The Kier molecular flexibility index (Phi) is 9.71. The molecule has 1 aliphatic rings. The van der Waals surface area contributed by atoms with Gasteiger partial charge in [-0.05, 0) is 74.7 Å². The number of nitrogens with zero attached hydrogens (tertiary/aromatic N) is 1. The lowest BCUT2D eigenvalue weighted by Gasteiger charge is -2.32. The van der Waals surface area contributed by atoms with Crippen molar-refractivity contribution >= 4 is 18.2 Å². The number of imide groups is 1. The largest absolute Gasteiger partial charge is 0.458 e. The fourth-order valence-corrected chi connectivity index (χ4v) is 3.05. The first kappa shape index (κ1) is 27.9. The lowest BCUT2D eigenvalue weighted by atomic mass is 10.0. The van der Waals surface area contributed by atoms with E-state index in [0.29, 0.717) is 17.7 Å². The van der Waals surface area contributed by atoms with Gasteiger partial charge in [0.25, 0.3) is 0 Å². The first-order chi connectivity index (χ1) is 14.5. The van der Waals surface area contributed by atoms with Crippen LogP contribution in [0.2, 0.25) is 0 Å². The Bertz CT molecular complexity index is 663. The SMILES string of the molecule is C=C(C)CO[C@H]1CCC[C@H](N(C(=O)OC(C)(C)C)C(=O)OC(C)(C)C)C(=O)O[C@@H](C)[C@@H]1O. The van der Waals surface area contributed by atoms with E-state index in [1.54, 1.807) is 48.5 Å². The van der Waals surface area contributed by atoms with E-state index in [4.69, 9.17) is 18.9 Å². The lowest BCUT2D eigenvalue weighted by Crippen LogP contribution is -2.53.